The molecule has 0 aliphatic heterocycles. The zero-order chi connectivity index (χ0) is 25.8. The van der Waals surface area contributed by atoms with Crippen molar-refractivity contribution in [3.63, 3.8) is 0 Å². The third-order valence-corrected chi connectivity index (χ3v) is 6.81. The van der Waals surface area contributed by atoms with E-state index in [0.717, 1.165) is 54.2 Å². The molecular formula is C30H32N6O. The number of benzene rings is 3. The van der Waals surface area contributed by atoms with Crippen molar-refractivity contribution in [2.75, 3.05) is 25.0 Å². The Labute approximate surface area is 217 Å². The number of nitrogens with zero attached hydrogens (tertiary/aromatic N) is 5. The molecule has 0 aliphatic rings. The molecule has 0 atom stereocenters. The fourth-order valence-corrected chi connectivity index (χ4v) is 4.74. The lowest BCUT2D eigenvalue weighted by Crippen LogP contribution is -2.27. The second-order valence-corrected chi connectivity index (χ2v) is 8.98. The first-order chi connectivity index (χ1) is 18.1. The lowest BCUT2D eigenvalue weighted by atomic mass is 10.1. The Balaban J connectivity index is 1.56. The van der Waals surface area contributed by atoms with Crippen molar-refractivity contribution in [2.45, 2.75) is 27.3 Å². The molecule has 37 heavy (non-hydrogen) atoms. The number of rotatable bonds is 9. The Morgan fingerprint density at radius 1 is 0.892 bits per heavy atom. The summed E-state index contributed by atoms with van der Waals surface area (Å²) < 4.78 is 3.94. The molecule has 2 heterocycles. The number of likely N-dealkylation sites (N-methyl/N-ethyl adjacent to an activating group) is 1. The molecule has 1 N–H and O–H groups in total. The summed E-state index contributed by atoms with van der Waals surface area (Å²) in [5.74, 6) is 0.321. The van der Waals surface area contributed by atoms with E-state index in [4.69, 9.17) is 10.1 Å². The summed E-state index contributed by atoms with van der Waals surface area (Å²) in [6.45, 7) is 9.81. The van der Waals surface area contributed by atoms with E-state index in [-0.39, 0.29) is 5.91 Å². The predicted molar refractivity (Wildman–Crippen MR) is 149 cm³/mol. The van der Waals surface area contributed by atoms with Crippen molar-refractivity contribution in [3.05, 3.63) is 96.2 Å². The normalized spacial score (nSPS) is 11.4. The molecule has 188 valence electrons. The number of carbonyl (C=O) groups excluding carboxylic acids is 1. The molecule has 2 aromatic heterocycles. The molecule has 3 aromatic carbocycles. The molecule has 5 aromatic rings. The number of fused-ring (bicyclic) bond motifs is 1. The number of imidazole rings is 1. The van der Waals surface area contributed by atoms with Crippen LogP contribution in [0.15, 0.2) is 84.9 Å². The molecule has 0 radical (unpaired) electrons. The number of carbonyl (C=O) groups is 1. The van der Waals surface area contributed by atoms with Crippen LogP contribution in [0.4, 0.5) is 5.95 Å². The van der Waals surface area contributed by atoms with Crippen LogP contribution >= 0.6 is 0 Å². The molecule has 0 unspecified atom stereocenters. The molecule has 0 spiro atoms. The van der Waals surface area contributed by atoms with Crippen molar-refractivity contribution in [1.29, 1.82) is 0 Å². The van der Waals surface area contributed by atoms with Crippen LogP contribution in [0.25, 0.3) is 28.0 Å². The minimum absolute atomic E-state index is 0.224. The van der Waals surface area contributed by atoms with Crippen LogP contribution in [0.3, 0.4) is 0 Å². The summed E-state index contributed by atoms with van der Waals surface area (Å²) in [6.07, 6.45) is 0. The lowest BCUT2D eigenvalue weighted by Gasteiger charge is -2.19. The lowest BCUT2D eigenvalue weighted by molar-refractivity contribution is 0.102. The minimum Gasteiger partial charge on any atom is -0.309 e. The van der Waals surface area contributed by atoms with E-state index in [1.807, 2.05) is 96.5 Å². The second kappa shape index (κ2) is 10.8. The Morgan fingerprint density at radius 2 is 1.54 bits per heavy atom. The van der Waals surface area contributed by atoms with Crippen molar-refractivity contribution < 1.29 is 4.79 Å². The number of anilines is 1. The van der Waals surface area contributed by atoms with Crippen LogP contribution in [0.5, 0.6) is 0 Å². The first-order valence-corrected chi connectivity index (χ1v) is 12.8. The van der Waals surface area contributed by atoms with Crippen molar-refractivity contribution >= 4 is 22.9 Å². The fourth-order valence-electron chi connectivity index (χ4n) is 4.74. The van der Waals surface area contributed by atoms with Gasteiger partial charge in [-0.25, -0.2) is 9.67 Å². The van der Waals surface area contributed by atoms with Gasteiger partial charge in [-0.15, -0.1) is 0 Å². The molecule has 0 saturated heterocycles. The third-order valence-electron chi connectivity index (χ3n) is 6.81. The second-order valence-electron chi connectivity index (χ2n) is 8.98. The fraction of sp³-hybridized carbons (Fsp3) is 0.233. The highest BCUT2D eigenvalue weighted by atomic mass is 16.1. The molecule has 5 rings (SSSR count). The zero-order valence-electron chi connectivity index (χ0n) is 21.6. The number of para-hydroxylation sites is 3. The molecule has 0 bridgehead atoms. The molecule has 0 saturated carbocycles. The number of amides is 1. The molecule has 1 amide bonds. The molecular weight excluding hydrogens is 460 g/mol. The van der Waals surface area contributed by atoms with Gasteiger partial charge in [0, 0.05) is 18.7 Å². The van der Waals surface area contributed by atoms with Crippen LogP contribution in [0, 0.1) is 6.92 Å². The highest BCUT2D eigenvalue weighted by Crippen LogP contribution is 2.29. The van der Waals surface area contributed by atoms with E-state index < -0.39 is 0 Å². The summed E-state index contributed by atoms with van der Waals surface area (Å²) >= 11 is 0. The highest BCUT2D eigenvalue weighted by molar-refractivity contribution is 6.09. The molecule has 7 heteroatoms. The summed E-state index contributed by atoms with van der Waals surface area (Å²) in [7, 11) is 0. The standard InChI is InChI=1S/C30H32N6O/c1-4-34(5-2)20-21-35-26-19-13-12-18-25(26)31-30(35)32-29(37)27-22(3)36(24-16-10-7-11-17-24)33-28(27)23-14-8-6-9-15-23/h6-19H,4-5,20-21H2,1-3H3,(H,31,32,37). The first-order valence-electron chi connectivity index (χ1n) is 12.8. The van der Waals surface area contributed by atoms with Gasteiger partial charge in [-0.05, 0) is 44.3 Å². The highest BCUT2D eigenvalue weighted by Gasteiger charge is 2.25. The maximum atomic E-state index is 13.9. The van der Waals surface area contributed by atoms with Crippen LogP contribution < -0.4 is 5.32 Å². The number of aromatic nitrogens is 4. The van der Waals surface area contributed by atoms with Crippen LogP contribution in [0.2, 0.25) is 0 Å². The van der Waals surface area contributed by atoms with Gasteiger partial charge in [0.2, 0.25) is 5.95 Å². The van der Waals surface area contributed by atoms with Crippen LogP contribution in [-0.2, 0) is 6.54 Å². The van der Waals surface area contributed by atoms with Gasteiger partial charge in [0.25, 0.3) is 5.91 Å². The van der Waals surface area contributed by atoms with Gasteiger partial charge in [0.05, 0.1) is 28.0 Å². The monoisotopic (exact) mass is 492 g/mol. The van der Waals surface area contributed by atoms with E-state index in [1.165, 1.54) is 0 Å². The average molecular weight is 493 g/mol. The molecule has 0 aliphatic carbocycles. The topological polar surface area (TPSA) is 68.0 Å². The van der Waals surface area contributed by atoms with E-state index >= 15 is 0 Å². The van der Waals surface area contributed by atoms with Crippen LogP contribution in [-0.4, -0.2) is 49.8 Å². The van der Waals surface area contributed by atoms with E-state index in [2.05, 4.69) is 28.6 Å². The van der Waals surface area contributed by atoms with Gasteiger partial charge in [0.1, 0.15) is 5.69 Å². The van der Waals surface area contributed by atoms with Crippen molar-refractivity contribution in [3.8, 4) is 16.9 Å². The first kappa shape index (κ1) is 24.5. The van der Waals surface area contributed by atoms with Crippen molar-refractivity contribution in [2.24, 2.45) is 0 Å². The van der Waals surface area contributed by atoms with Gasteiger partial charge in [-0.1, -0.05) is 74.5 Å². The minimum atomic E-state index is -0.224. The zero-order valence-corrected chi connectivity index (χ0v) is 21.6. The van der Waals surface area contributed by atoms with Gasteiger partial charge < -0.3 is 9.47 Å². The summed E-state index contributed by atoms with van der Waals surface area (Å²) in [6, 6.07) is 27.7. The number of hydrogen-bond donors (Lipinski definition) is 1. The predicted octanol–water partition coefficient (Wildman–Crippen LogP) is 5.79. The van der Waals surface area contributed by atoms with Gasteiger partial charge in [-0.2, -0.15) is 5.10 Å². The van der Waals surface area contributed by atoms with Gasteiger partial charge >= 0.3 is 0 Å². The number of nitrogens with one attached hydrogen (secondary N) is 1. The van der Waals surface area contributed by atoms with E-state index in [9.17, 15) is 4.79 Å². The van der Waals surface area contributed by atoms with E-state index in [0.29, 0.717) is 17.2 Å². The molecule has 0 fully saturated rings. The van der Waals surface area contributed by atoms with Gasteiger partial charge in [-0.3, -0.25) is 10.1 Å². The third kappa shape index (κ3) is 4.90. The quantitative estimate of drug-likeness (QED) is 0.283. The number of hydrogen-bond acceptors (Lipinski definition) is 4. The maximum Gasteiger partial charge on any atom is 0.262 e. The van der Waals surface area contributed by atoms with Crippen molar-refractivity contribution in [1.82, 2.24) is 24.2 Å². The maximum absolute atomic E-state index is 13.9. The average Bonchev–Trinajstić information content (AvgIpc) is 3.47. The van der Waals surface area contributed by atoms with Crippen LogP contribution in [0.1, 0.15) is 29.9 Å². The Hall–Kier alpha value is -4.23. The summed E-state index contributed by atoms with van der Waals surface area (Å²) in [5.41, 5.74) is 5.61. The summed E-state index contributed by atoms with van der Waals surface area (Å²) in [5, 5.41) is 8.01. The van der Waals surface area contributed by atoms with Gasteiger partial charge in [0.15, 0.2) is 0 Å². The molecule has 7 nitrogen and oxygen atoms in total. The smallest absolute Gasteiger partial charge is 0.262 e. The Morgan fingerprint density at radius 3 is 2.24 bits per heavy atom. The summed E-state index contributed by atoms with van der Waals surface area (Å²) in [4.78, 5) is 21.1. The van der Waals surface area contributed by atoms with E-state index in [1.54, 1.807) is 0 Å². The SMILES string of the molecule is CCN(CC)CCn1c(NC(=O)c2c(-c3ccccc3)nn(-c3ccccc3)c2C)nc2ccccc21. The Kier molecular flexibility index (Phi) is 7.14. The Bertz CT molecular complexity index is 1500. The largest absolute Gasteiger partial charge is 0.309 e.